The van der Waals surface area contributed by atoms with Crippen molar-refractivity contribution in [2.45, 2.75) is 169 Å². The Morgan fingerprint density at radius 3 is 2.20 bits per heavy atom. The fraction of sp³-hybridized carbons (Fsp3) is 0.667. The van der Waals surface area contributed by atoms with Crippen molar-refractivity contribution < 1.29 is 99.5 Å². The zero-order chi connectivity index (χ0) is 69.4. The van der Waals surface area contributed by atoms with Crippen molar-refractivity contribution >= 4 is 73.6 Å². The number of piperidine rings is 1. The van der Waals surface area contributed by atoms with E-state index in [1.807, 2.05) is 49.1 Å². The maximum Gasteiger partial charge on any atom is 0.426 e. The van der Waals surface area contributed by atoms with Gasteiger partial charge in [-0.1, -0.05) is 79.6 Å². The number of carboxylic acids is 1. The number of nitrogens with zero attached hydrogens (tertiary/aromatic N) is 3. The Hall–Kier alpha value is -5.48. The first-order valence-corrected chi connectivity index (χ1v) is 35.1. The molecule has 1 aromatic heterocycles. The second-order valence-corrected chi connectivity index (χ2v) is 30.0. The van der Waals surface area contributed by atoms with E-state index in [1.54, 1.807) is 14.2 Å². The lowest BCUT2D eigenvalue weighted by atomic mass is 9.47. The third kappa shape index (κ3) is 13.6. The van der Waals surface area contributed by atoms with Crippen molar-refractivity contribution in [3.05, 3.63) is 70.9 Å². The van der Waals surface area contributed by atoms with Crippen LogP contribution in [0.1, 0.15) is 102 Å². The Bertz CT molecular complexity index is 3350. The number of carbonyl (C=O) groups is 6. The van der Waals surface area contributed by atoms with Gasteiger partial charge in [-0.2, -0.15) is 0 Å². The van der Waals surface area contributed by atoms with Crippen LogP contribution in [0, 0.1) is 29.1 Å². The summed E-state index contributed by atoms with van der Waals surface area (Å²) in [6.07, 6.45) is -9.03. The fourth-order valence-corrected chi connectivity index (χ4v) is 18.8. The van der Waals surface area contributed by atoms with Crippen molar-refractivity contribution in [2.75, 3.05) is 83.1 Å². The number of aliphatic carboxylic acids is 1. The van der Waals surface area contributed by atoms with Gasteiger partial charge in [0.2, 0.25) is 5.91 Å². The molecule has 2 aromatic carbocycles. The van der Waals surface area contributed by atoms with Gasteiger partial charge in [-0.15, -0.1) is 0 Å². The predicted octanol–water partition coefficient (Wildman–Crippen LogP) is -0.241. The molecule has 9 rings (SSSR count). The van der Waals surface area contributed by atoms with Gasteiger partial charge >= 0.3 is 12.1 Å². The average molecular weight is 1370 g/mol. The predicted molar refractivity (Wildman–Crippen MR) is 351 cm³/mol. The van der Waals surface area contributed by atoms with Gasteiger partial charge in [-0.3, -0.25) is 39.2 Å². The van der Waals surface area contributed by atoms with Crippen LogP contribution in [0.5, 0.6) is 5.75 Å². The highest BCUT2D eigenvalue weighted by atomic mass is 33.1. The Labute approximate surface area is 559 Å². The maximum absolute atomic E-state index is 15.1. The second-order valence-electron chi connectivity index (χ2n) is 27.4. The van der Waals surface area contributed by atoms with E-state index in [0.29, 0.717) is 63.2 Å². The highest BCUT2D eigenvalue weighted by Gasteiger charge is 2.79. The van der Waals surface area contributed by atoms with Gasteiger partial charge in [0, 0.05) is 126 Å². The molecule has 526 valence electrons. The SMILES string of the molecule is CC[C@]1(O)C[C@H]2CN(CCc3c([nH]c4ccccc34)[C@@](C)(c3cc4c(cc3OC)N(C)[C@H]3[C@@](O)(C(=O)NNC(=O)OCCSSC[C@H](CC(=O)[C@@H](NC(=O)[C@H](C)CC(=O)[C@@H](C)[C@@H](O)[C@H](O)[C@H](O)CO)[C@@H](O)[C@H](O)[C@H](O)CO)C(=O)O)[C@H](O)[C@]5(CC)C=CCN6CC[C@]43[C@@H]65)C2)C1. The average Bonchev–Trinajstić information content (AvgIpc) is 1.51. The van der Waals surface area contributed by atoms with Crippen LogP contribution in [0.15, 0.2) is 48.6 Å². The van der Waals surface area contributed by atoms with Crippen LogP contribution in [0.2, 0.25) is 0 Å². The summed E-state index contributed by atoms with van der Waals surface area (Å²) in [6.45, 7) is 9.69. The number of fused-ring (bicyclic) bond motifs is 6. The molecule has 27 nitrogen and oxygen atoms in total. The number of anilines is 1. The standard InChI is InChI=1S/C66H95N7O20S2/c1-8-63(90)28-36-27-62(5,54-39(15-19-72(29-36)33-63)38-13-10-11-14-42(38)67-54)41-25-40-43(26-48(41)92-7)71(6)58-65(40)17-20-73-18-12-16-64(9-2,57(65)73)59(87)66(58,91)60(88)69-70-61(89)93-21-22-94-95-32-37(56(85)86)24-45(77)49(53(83)52(82)47(79)31-75)68-55(84)34(3)23-44(76)35(4)50(80)51(81)46(78)30-74/h10-14,16,25-26,34-37,46-47,49-53,57-59,67,74-75,78-83,87,90-91H,8-9,15,17-24,27-33H2,1-7H3,(H,68,84)(H,69,88)(H,70,89)(H,85,86)/t34-,35-,36+,37+,46-,47-,49-,50-,51-,52-,53-,57+,58-,59-,62-,63+,64-,65-,66+/m1/s1. The summed E-state index contributed by atoms with van der Waals surface area (Å²) in [7, 11) is 5.43. The Balaban J connectivity index is 0.883. The molecule has 5 aliphatic heterocycles. The van der Waals surface area contributed by atoms with Crippen molar-refractivity contribution in [1.29, 1.82) is 0 Å². The number of aliphatic hydroxyl groups excluding tert-OH is 9. The number of carbonyl (C=O) groups excluding carboxylic acids is 5. The van der Waals surface area contributed by atoms with E-state index in [0.717, 1.165) is 68.8 Å². The lowest BCUT2D eigenvalue weighted by Gasteiger charge is -2.63. The van der Waals surface area contributed by atoms with Gasteiger partial charge in [0.15, 0.2) is 11.4 Å². The number of methoxy groups -OCH3 is 1. The highest BCUT2D eigenvalue weighted by Crippen LogP contribution is 2.67. The number of aromatic nitrogens is 1. The number of likely N-dealkylation sites (N-methyl/N-ethyl adjacent to an activating group) is 1. The first-order valence-electron chi connectivity index (χ1n) is 32.7. The minimum absolute atomic E-state index is 0.0356. The fourth-order valence-electron chi connectivity index (χ4n) is 16.7. The third-order valence-corrected chi connectivity index (χ3v) is 24.1. The van der Waals surface area contributed by atoms with E-state index in [4.69, 9.17) is 14.6 Å². The second kappa shape index (κ2) is 29.5. The summed E-state index contributed by atoms with van der Waals surface area (Å²) < 4.78 is 11.8. The van der Waals surface area contributed by atoms with Gasteiger partial charge in [-0.05, 0) is 81.2 Å². The number of amides is 3. The Morgan fingerprint density at radius 1 is 0.842 bits per heavy atom. The van der Waals surface area contributed by atoms with Gasteiger partial charge < -0.3 is 86.0 Å². The number of ketones is 2. The summed E-state index contributed by atoms with van der Waals surface area (Å²) in [5.41, 5.74) is 4.05. The maximum atomic E-state index is 15.1. The topological polar surface area (TPSA) is 425 Å². The van der Waals surface area contributed by atoms with E-state index >= 15 is 4.79 Å². The van der Waals surface area contributed by atoms with Crippen LogP contribution in [-0.4, -0.2) is 262 Å². The molecule has 2 saturated heterocycles. The van der Waals surface area contributed by atoms with E-state index in [2.05, 4.69) is 56.1 Å². The van der Waals surface area contributed by atoms with E-state index in [9.17, 15) is 80.1 Å². The smallest absolute Gasteiger partial charge is 0.426 e. The Kier molecular flexibility index (Phi) is 22.9. The number of hydrazine groups is 1. The third-order valence-electron chi connectivity index (χ3n) is 21.7. The molecule has 3 fully saturated rings. The molecule has 1 aliphatic carbocycles. The van der Waals surface area contributed by atoms with Crippen LogP contribution in [0.4, 0.5) is 10.5 Å². The van der Waals surface area contributed by atoms with Crippen LogP contribution < -0.4 is 25.8 Å². The first kappa shape index (κ1) is 73.8. The van der Waals surface area contributed by atoms with Crippen molar-refractivity contribution in [1.82, 2.24) is 31.0 Å². The quantitative estimate of drug-likeness (QED) is 0.0193. The van der Waals surface area contributed by atoms with Gasteiger partial charge in [0.25, 0.3) is 5.91 Å². The largest absolute Gasteiger partial charge is 0.496 e. The number of nitrogens with one attached hydrogen (secondary N) is 4. The van der Waals surface area contributed by atoms with Crippen molar-refractivity contribution in [3.8, 4) is 5.75 Å². The van der Waals surface area contributed by atoms with Crippen LogP contribution in [-0.2, 0) is 46.0 Å². The zero-order valence-corrected chi connectivity index (χ0v) is 56.4. The number of benzene rings is 2. The van der Waals surface area contributed by atoms with Crippen LogP contribution in [0.3, 0.4) is 0 Å². The summed E-state index contributed by atoms with van der Waals surface area (Å²) in [5.74, 6) is -9.24. The van der Waals surface area contributed by atoms with Crippen molar-refractivity contribution in [2.24, 2.45) is 29.1 Å². The zero-order valence-electron chi connectivity index (χ0n) is 54.7. The number of H-pyrrole nitrogens is 1. The molecule has 29 heteroatoms. The number of rotatable bonds is 28. The summed E-state index contributed by atoms with van der Waals surface area (Å²) in [4.78, 5) is 91.7. The van der Waals surface area contributed by atoms with Gasteiger partial charge in [0.1, 0.15) is 60.8 Å². The number of carboxylic acid groups (broad SMARTS) is 1. The molecule has 95 heavy (non-hydrogen) atoms. The molecule has 1 saturated carbocycles. The number of aliphatic hydroxyl groups is 11. The minimum atomic E-state index is -2.59. The highest BCUT2D eigenvalue weighted by molar-refractivity contribution is 8.76. The number of hydrogen-bond acceptors (Lipinski definition) is 24. The van der Waals surface area contributed by atoms with Crippen molar-refractivity contribution in [3.63, 3.8) is 0 Å². The molecule has 6 aliphatic rings. The first-order chi connectivity index (χ1) is 45.0. The molecule has 20 atom stereocenters. The van der Waals surface area contributed by atoms with E-state index < -0.39 is 168 Å². The van der Waals surface area contributed by atoms with Crippen LogP contribution in [0.25, 0.3) is 10.9 Å². The van der Waals surface area contributed by atoms with Gasteiger partial charge in [-0.25, -0.2) is 10.2 Å². The lowest BCUT2D eigenvalue weighted by molar-refractivity contribution is -0.204. The molecular formula is C66H95N7O20S2. The number of ether oxygens (including phenoxy) is 2. The molecule has 6 heterocycles. The summed E-state index contributed by atoms with van der Waals surface area (Å²) in [6, 6.07) is 8.95. The Morgan fingerprint density at radius 2 is 1.54 bits per heavy atom. The summed E-state index contributed by atoms with van der Waals surface area (Å²) >= 11 is 0. The minimum Gasteiger partial charge on any atom is -0.496 e. The molecular weight excluding hydrogens is 1270 g/mol. The van der Waals surface area contributed by atoms with E-state index in [-0.39, 0.29) is 24.0 Å². The summed E-state index contributed by atoms with van der Waals surface area (Å²) in [5, 5.41) is 133. The lowest BCUT2D eigenvalue weighted by Crippen LogP contribution is -2.82. The van der Waals surface area contributed by atoms with Crippen LogP contribution >= 0.6 is 21.6 Å². The number of para-hydroxylation sites is 1. The molecule has 1 unspecified atom stereocenters. The molecule has 2 bridgehead atoms. The molecule has 3 aromatic rings. The van der Waals surface area contributed by atoms with Gasteiger partial charge in [0.05, 0.1) is 44.0 Å². The van der Waals surface area contributed by atoms with E-state index in [1.165, 1.54) is 19.4 Å². The normalized spacial score (nSPS) is 30.8. The molecule has 1 spiro atoms. The number of aromatic amines is 1. The molecule has 0 radical (unpaired) electrons. The monoisotopic (exact) mass is 1370 g/mol. The number of Topliss-reactive ketones (excluding diaryl/α,β-unsaturated/α-hetero) is 2. The number of hydrogen-bond donors (Lipinski definition) is 16. The molecule has 3 amide bonds. The molecule has 16 N–H and O–H groups in total.